The van der Waals surface area contributed by atoms with E-state index in [1.54, 1.807) is 0 Å². The van der Waals surface area contributed by atoms with Gasteiger partial charge in [-0.25, -0.2) is 0 Å². The molecule has 0 aliphatic carbocycles. The van der Waals surface area contributed by atoms with E-state index in [0.717, 1.165) is 26.9 Å². The van der Waals surface area contributed by atoms with Crippen LogP contribution in [0.15, 0.2) is 72.8 Å². The standard InChI is InChI=1S/C23H15BClNO3/c25-19-12-16(24(28)29)8-10-17(19)23(27)26-20-11-7-15-5-4-13-2-1-3-14-6-9-18(20)22(15)21(13)14/h1-12,28-29H,(H,26,27). The topological polar surface area (TPSA) is 69.6 Å². The van der Waals surface area contributed by atoms with E-state index in [4.69, 9.17) is 11.6 Å². The molecule has 0 aromatic heterocycles. The van der Waals surface area contributed by atoms with Gasteiger partial charge in [0, 0.05) is 11.1 Å². The number of halogens is 1. The molecule has 5 rings (SSSR count). The summed E-state index contributed by atoms with van der Waals surface area (Å²) in [5.41, 5.74) is 1.19. The summed E-state index contributed by atoms with van der Waals surface area (Å²) in [5, 5.41) is 28.3. The maximum atomic E-state index is 12.9. The second-order valence-corrected chi connectivity index (χ2v) is 7.44. The average molecular weight is 400 g/mol. The zero-order chi connectivity index (χ0) is 20.1. The lowest BCUT2D eigenvalue weighted by Crippen LogP contribution is -2.30. The summed E-state index contributed by atoms with van der Waals surface area (Å²) in [6.07, 6.45) is 0. The minimum Gasteiger partial charge on any atom is -0.423 e. The van der Waals surface area contributed by atoms with E-state index >= 15 is 0 Å². The number of hydrogen-bond acceptors (Lipinski definition) is 3. The third kappa shape index (κ3) is 2.91. The normalized spacial score (nSPS) is 11.4. The van der Waals surface area contributed by atoms with Crippen molar-refractivity contribution < 1.29 is 14.8 Å². The Hall–Kier alpha value is -3.12. The molecule has 0 saturated carbocycles. The van der Waals surface area contributed by atoms with E-state index in [1.165, 1.54) is 23.6 Å². The highest BCUT2D eigenvalue weighted by Crippen LogP contribution is 2.37. The van der Waals surface area contributed by atoms with Crippen molar-refractivity contribution in [2.75, 3.05) is 5.32 Å². The van der Waals surface area contributed by atoms with Gasteiger partial charge < -0.3 is 15.4 Å². The van der Waals surface area contributed by atoms with Crippen LogP contribution in [0.25, 0.3) is 32.3 Å². The summed E-state index contributed by atoms with van der Waals surface area (Å²) in [4.78, 5) is 12.9. The largest absolute Gasteiger partial charge is 0.488 e. The summed E-state index contributed by atoms with van der Waals surface area (Å²) < 4.78 is 0. The molecule has 0 heterocycles. The van der Waals surface area contributed by atoms with Crippen LogP contribution in [-0.2, 0) is 0 Å². The van der Waals surface area contributed by atoms with Crippen molar-refractivity contribution in [2.24, 2.45) is 0 Å². The quantitative estimate of drug-likeness (QED) is 0.315. The number of anilines is 1. The van der Waals surface area contributed by atoms with E-state index in [2.05, 4.69) is 35.6 Å². The molecular formula is C23H15BClNO3. The molecule has 5 aromatic carbocycles. The Morgan fingerprint density at radius 1 is 0.828 bits per heavy atom. The Morgan fingerprint density at radius 3 is 2.17 bits per heavy atom. The summed E-state index contributed by atoms with van der Waals surface area (Å²) in [6.45, 7) is 0. The van der Waals surface area contributed by atoms with E-state index in [9.17, 15) is 14.8 Å². The number of amides is 1. The van der Waals surface area contributed by atoms with Crippen molar-refractivity contribution in [3.8, 4) is 0 Å². The molecule has 5 aromatic rings. The maximum Gasteiger partial charge on any atom is 0.488 e. The van der Waals surface area contributed by atoms with Gasteiger partial charge in [0.2, 0.25) is 0 Å². The summed E-state index contributed by atoms with van der Waals surface area (Å²) in [6, 6.07) is 22.7. The SMILES string of the molecule is O=C(Nc1ccc2ccc3cccc4ccc1c2c34)c1ccc(B(O)O)cc1Cl. The molecule has 0 unspecified atom stereocenters. The van der Waals surface area contributed by atoms with Crippen LogP contribution in [0.5, 0.6) is 0 Å². The van der Waals surface area contributed by atoms with Crippen LogP contribution in [0.1, 0.15) is 10.4 Å². The first-order chi connectivity index (χ1) is 14.0. The van der Waals surface area contributed by atoms with E-state index in [1.807, 2.05) is 24.3 Å². The van der Waals surface area contributed by atoms with Crippen molar-refractivity contribution in [3.05, 3.63) is 83.4 Å². The molecule has 1 amide bonds. The van der Waals surface area contributed by atoms with E-state index < -0.39 is 7.12 Å². The molecule has 0 bridgehead atoms. The lowest BCUT2D eigenvalue weighted by atomic mass is 9.80. The fourth-order valence-electron chi connectivity index (χ4n) is 3.91. The number of benzene rings is 5. The number of carbonyl (C=O) groups excluding carboxylic acids is 1. The van der Waals surface area contributed by atoms with Crippen LogP contribution in [0, 0.1) is 0 Å². The Bertz CT molecular complexity index is 1380. The number of rotatable bonds is 3. The van der Waals surface area contributed by atoms with Crippen LogP contribution in [0.3, 0.4) is 0 Å². The van der Waals surface area contributed by atoms with Crippen LogP contribution < -0.4 is 10.8 Å². The van der Waals surface area contributed by atoms with Crippen LogP contribution in [0.4, 0.5) is 5.69 Å². The first kappa shape index (κ1) is 17.9. The second kappa shape index (κ2) is 6.74. The second-order valence-electron chi connectivity index (χ2n) is 7.04. The average Bonchev–Trinajstić information content (AvgIpc) is 2.72. The minimum atomic E-state index is -1.64. The highest BCUT2D eigenvalue weighted by atomic mass is 35.5. The summed E-state index contributed by atoms with van der Waals surface area (Å²) in [5.74, 6) is -0.357. The third-order valence-corrected chi connectivity index (χ3v) is 5.63. The Kier molecular flexibility index (Phi) is 4.17. The van der Waals surface area contributed by atoms with Gasteiger partial charge in [-0.15, -0.1) is 0 Å². The Balaban J connectivity index is 1.61. The molecule has 0 saturated heterocycles. The van der Waals surface area contributed by atoms with Gasteiger partial charge in [-0.2, -0.15) is 0 Å². The van der Waals surface area contributed by atoms with Gasteiger partial charge in [0.25, 0.3) is 5.91 Å². The van der Waals surface area contributed by atoms with Crippen LogP contribution in [-0.4, -0.2) is 23.1 Å². The van der Waals surface area contributed by atoms with Gasteiger partial charge in [0.05, 0.1) is 10.6 Å². The lowest BCUT2D eigenvalue weighted by Gasteiger charge is -2.15. The number of nitrogens with one attached hydrogen (secondary N) is 1. The first-order valence-corrected chi connectivity index (χ1v) is 9.54. The molecule has 140 valence electrons. The fraction of sp³-hybridized carbons (Fsp3) is 0. The molecule has 0 radical (unpaired) electrons. The predicted octanol–water partition coefficient (Wildman–Crippen LogP) is 4.17. The van der Waals surface area contributed by atoms with Crippen LogP contribution in [0.2, 0.25) is 5.02 Å². The molecule has 0 aliphatic rings. The van der Waals surface area contributed by atoms with Gasteiger partial charge in [-0.05, 0) is 50.6 Å². The van der Waals surface area contributed by atoms with Gasteiger partial charge >= 0.3 is 7.12 Å². The van der Waals surface area contributed by atoms with Gasteiger partial charge in [0.15, 0.2) is 0 Å². The van der Waals surface area contributed by atoms with Crippen molar-refractivity contribution in [2.45, 2.75) is 0 Å². The Labute approximate surface area is 171 Å². The van der Waals surface area contributed by atoms with Gasteiger partial charge in [0.1, 0.15) is 0 Å². The summed E-state index contributed by atoms with van der Waals surface area (Å²) >= 11 is 6.19. The molecule has 0 spiro atoms. The molecule has 3 N–H and O–H groups in total. The van der Waals surface area contributed by atoms with Gasteiger partial charge in [-0.1, -0.05) is 66.2 Å². The zero-order valence-corrected chi connectivity index (χ0v) is 15.9. The van der Waals surface area contributed by atoms with Crippen molar-refractivity contribution in [1.29, 1.82) is 0 Å². The maximum absolute atomic E-state index is 12.9. The van der Waals surface area contributed by atoms with Crippen molar-refractivity contribution in [1.82, 2.24) is 0 Å². The van der Waals surface area contributed by atoms with E-state index in [-0.39, 0.29) is 22.0 Å². The molecule has 0 fully saturated rings. The fourth-order valence-corrected chi connectivity index (χ4v) is 4.18. The highest BCUT2D eigenvalue weighted by Gasteiger charge is 2.18. The highest BCUT2D eigenvalue weighted by molar-refractivity contribution is 6.59. The minimum absolute atomic E-state index is 0.158. The van der Waals surface area contributed by atoms with Crippen LogP contribution >= 0.6 is 11.6 Å². The molecular weight excluding hydrogens is 385 g/mol. The number of hydrogen-bond donors (Lipinski definition) is 3. The number of carbonyl (C=O) groups is 1. The Morgan fingerprint density at radius 2 is 1.48 bits per heavy atom. The van der Waals surface area contributed by atoms with E-state index in [0.29, 0.717) is 5.69 Å². The first-order valence-electron chi connectivity index (χ1n) is 9.16. The molecule has 6 heteroatoms. The predicted molar refractivity (Wildman–Crippen MR) is 119 cm³/mol. The van der Waals surface area contributed by atoms with Crippen molar-refractivity contribution in [3.63, 3.8) is 0 Å². The molecule has 0 atom stereocenters. The third-order valence-electron chi connectivity index (χ3n) is 5.31. The monoisotopic (exact) mass is 399 g/mol. The molecule has 29 heavy (non-hydrogen) atoms. The zero-order valence-electron chi connectivity index (χ0n) is 15.2. The van der Waals surface area contributed by atoms with Crippen molar-refractivity contribution >= 4 is 68.1 Å². The smallest absolute Gasteiger partial charge is 0.423 e. The van der Waals surface area contributed by atoms with Gasteiger partial charge in [-0.3, -0.25) is 4.79 Å². The molecule has 4 nitrogen and oxygen atoms in total. The lowest BCUT2D eigenvalue weighted by molar-refractivity contribution is 0.102. The molecule has 0 aliphatic heterocycles. The summed E-state index contributed by atoms with van der Waals surface area (Å²) in [7, 11) is -1.64.